The Morgan fingerprint density at radius 2 is 2.50 bits per heavy atom. The van der Waals surface area contributed by atoms with Crippen LogP contribution in [0.15, 0.2) is 0 Å². The van der Waals surface area contributed by atoms with Crippen molar-refractivity contribution in [2.45, 2.75) is 13.0 Å². The highest BCUT2D eigenvalue weighted by atomic mass is 127. The maximum atomic E-state index is 10.4. The van der Waals surface area contributed by atoms with E-state index in [4.69, 9.17) is 5.11 Å². The molecule has 2 N–H and O–H groups in total. The van der Waals surface area contributed by atoms with Gasteiger partial charge in [-0.2, -0.15) is 0 Å². The molecule has 8 heavy (non-hydrogen) atoms. The minimum Gasteiger partial charge on any atom is -0.394 e. The van der Waals surface area contributed by atoms with Crippen molar-refractivity contribution in [1.29, 1.82) is 0 Å². The number of hydrogen-bond acceptors (Lipinski definition) is 3. The molecule has 3 nitrogen and oxygen atoms in total. The van der Waals surface area contributed by atoms with Gasteiger partial charge >= 0.3 is 0 Å². The monoisotopic (exact) mass is 229 g/mol. The smallest absolute Gasteiger partial charge is 0.149 e. The first kappa shape index (κ1) is 8.32. The van der Waals surface area contributed by atoms with Gasteiger partial charge in [-0.05, 0) is 6.92 Å². The van der Waals surface area contributed by atoms with Gasteiger partial charge in [0.25, 0.3) is 0 Å². The molecule has 0 amide bonds. The maximum Gasteiger partial charge on any atom is 0.149 e. The molecule has 0 aromatic carbocycles. The van der Waals surface area contributed by atoms with Crippen molar-refractivity contribution in [3.63, 3.8) is 0 Å². The van der Waals surface area contributed by atoms with Crippen LogP contribution in [-0.2, 0) is 4.79 Å². The van der Waals surface area contributed by atoms with Gasteiger partial charge in [-0.1, -0.05) is 0 Å². The molecular weight excluding hydrogens is 221 g/mol. The number of carbonyl (C=O) groups is 1. The van der Waals surface area contributed by atoms with E-state index in [1.807, 2.05) is 22.9 Å². The Morgan fingerprint density at radius 3 is 2.50 bits per heavy atom. The summed E-state index contributed by atoms with van der Waals surface area (Å²) in [5, 5.41) is 8.41. The van der Waals surface area contributed by atoms with E-state index < -0.39 is 6.04 Å². The first-order valence-corrected chi connectivity index (χ1v) is 3.27. The van der Waals surface area contributed by atoms with Crippen LogP contribution < -0.4 is 3.53 Å². The Labute approximate surface area is 62.0 Å². The van der Waals surface area contributed by atoms with Crippen molar-refractivity contribution in [3.05, 3.63) is 0 Å². The number of rotatable bonds is 3. The second-order valence-electron chi connectivity index (χ2n) is 1.45. The van der Waals surface area contributed by atoms with E-state index in [0.717, 1.165) is 0 Å². The molecule has 0 saturated carbocycles. The Hall–Kier alpha value is 0.320. The summed E-state index contributed by atoms with van der Waals surface area (Å²) in [5.41, 5.74) is 0. The number of Topliss-reactive ketones (excluding diaryl/α,β-unsaturated/α-hetero) is 1. The number of ketones is 1. The van der Waals surface area contributed by atoms with Gasteiger partial charge < -0.3 is 5.11 Å². The quantitative estimate of drug-likeness (QED) is 0.523. The van der Waals surface area contributed by atoms with Gasteiger partial charge in [0.2, 0.25) is 0 Å². The topological polar surface area (TPSA) is 49.3 Å². The van der Waals surface area contributed by atoms with E-state index >= 15 is 0 Å². The molecule has 0 aliphatic carbocycles. The third kappa shape index (κ3) is 2.58. The molecule has 4 heteroatoms. The summed E-state index contributed by atoms with van der Waals surface area (Å²) in [5.74, 6) is -0.0399. The normalized spacial score (nSPS) is 13.4. The molecule has 1 atom stereocenters. The first-order chi connectivity index (χ1) is 3.72. The molecule has 48 valence electrons. The fraction of sp³-hybridized carbons (Fsp3) is 0.750. The highest BCUT2D eigenvalue weighted by Crippen LogP contribution is 1.86. The fourth-order valence-corrected chi connectivity index (χ4v) is 0.875. The first-order valence-electron chi connectivity index (χ1n) is 2.19. The minimum atomic E-state index is -0.393. The molecule has 0 bridgehead atoms. The molecule has 0 aliphatic rings. The lowest BCUT2D eigenvalue weighted by Gasteiger charge is -2.04. The van der Waals surface area contributed by atoms with E-state index in [1.165, 1.54) is 6.92 Å². The Balaban J connectivity index is 3.52. The zero-order valence-electron chi connectivity index (χ0n) is 4.52. The lowest BCUT2D eigenvalue weighted by atomic mass is 10.2. The van der Waals surface area contributed by atoms with Crippen LogP contribution in [0.2, 0.25) is 0 Å². The maximum absolute atomic E-state index is 10.4. The molecule has 0 unspecified atom stereocenters. The molecule has 0 rings (SSSR count). The number of nitrogens with one attached hydrogen (secondary N) is 1. The SMILES string of the molecule is CC(=O)[C@H](CO)NI. The van der Waals surface area contributed by atoms with Crippen molar-refractivity contribution in [3.8, 4) is 0 Å². The average molecular weight is 229 g/mol. The van der Waals surface area contributed by atoms with Crippen LogP contribution in [0.3, 0.4) is 0 Å². The van der Waals surface area contributed by atoms with Crippen LogP contribution in [-0.4, -0.2) is 23.5 Å². The molecule has 0 fully saturated rings. The Kier molecular flexibility index (Phi) is 4.39. The number of aliphatic hydroxyl groups is 1. The Bertz CT molecular complexity index is 82.1. The zero-order chi connectivity index (χ0) is 6.57. The van der Waals surface area contributed by atoms with E-state index in [0.29, 0.717) is 0 Å². The summed E-state index contributed by atoms with van der Waals surface area (Å²) < 4.78 is 2.62. The predicted octanol–water partition coefficient (Wildman–Crippen LogP) is -0.124. The van der Waals surface area contributed by atoms with E-state index in [-0.39, 0.29) is 12.4 Å². The van der Waals surface area contributed by atoms with Crippen molar-refractivity contribution >= 4 is 28.6 Å². The summed E-state index contributed by atoms with van der Waals surface area (Å²) in [7, 11) is 0. The van der Waals surface area contributed by atoms with Crippen LogP contribution in [0.4, 0.5) is 0 Å². The van der Waals surface area contributed by atoms with Gasteiger partial charge in [-0.25, -0.2) is 3.53 Å². The summed E-state index contributed by atoms with van der Waals surface area (Å²) >= 11 is 1.83. The summed E-state index contributed by atoms with van der Waals surface area (Å²) in [6.45, 7) is 1.31. The van der Waals surface area contributed by atoms with E-state index in [9.17, 15) is 4.79 Å². The fourth-order valence-electron chi connectivity index (χ4n) is 0.240. The van der Waals surface area contributed by atoms with Crippen LogP contribution >= 0.6 is 22.9 Å². The van der Waals surface area contributed by atoms with Crippen LogP contribution in [0.1, 0.15) is 6.92 Å². The molecule has 0 aromatic heterocycles. The number of carbonyl (C=O) groups excluding carboxylic acids is 1. The molecular formula is C4H8INO2. The molecule has 0 saturated heterocycles. The largest absolute Gasteiger partial charge is 0.394 e. The summed E-state index contributed by atoms with van der Waals surface area (Å²) in [6.07, 6.45) is 0. The van der Waals surface area contributed by atoms with Gasteiger partial charge in [0.15, 0.2) is 0 Å². The van der Waals surface area contributed by atoms with Crippen LogP contribution in [0, 0.1) is 0 Å². The standard InChI is InChI=1S/C4H8INO2/c1-3(8)4(2-7)6-5/h4,6-7H,2H2,1H3/t4-/m0/s1. The molecule has 0 radical (unpaired) electrons. The predicted molar refractivity (Wildman–Crippen MR) is 38.7 cm³/mol. The van der Waals surface area contributed by atoms with Crippen molar-refractivity contribution in [2.75, 3.05) is 6.61 Å². The number of halogens is 1. The van der Waals surface area contributed by atoms with E-state index in [2.05, 4.69) is 3.53 Å². The van der Waals surface area contributed by atoms with Crippen molar-refractivity contribution in [1.82, 2.24) is 3.53 Å². The van der Waals surface area contributed by atoms with Gasteiger partial charge in [-0.3, -0.25) is 4.79 Å². The van der Waals surface area contributed by atoms with Crippen LogP contribution in [0.5, 0.6) is 0 Å². The summed E-state index contributed by atoms with van der Waals surface area (Å²) in [4.78, 5) is 10.4. The Morgan fingerprint density at radius 1 is 2.00 bits per heavy atom. The average Bonchev–Trinajstić information content (AvgIpc) is 1.69. The van der Waals surface area contributed by atoms with Gasteiger partial charge in [0.1, 0.15) is 5.78 Å². The second kappa shape index (κ2) is 4.22. The van der Waals surface area contributed by atoms with Gasteiger partial charge in [0.05, 0.1) is 12.6 Å². The lowest BCUT2D eigenvalue weighted by Crippen LogP contribution is -2.31. The van der Waals surface area contributed by atoms with Crippen molar-refractivity contribution < 1.29 is 9.90 Å². The number of hydrogen-bond donors (Lipinski definition) is 2. The van der Waals surface area contributed by atoms with Gasteiger partial charge in [0, 0.05) is 22.9 Å². The third-order valence-corrected chi connectivity index (χ3v) is 1.56. The number of aliphatic hydroxyl groups excluding tert-OH is 1. The third-order valence-electron chi connectivity index (χ3n) is 0.805. The zero-order valence-corrected chi connectivity index (χ0v) is 6.68. The second-order valence-corrected chi connectivity index (χ2v) is 2.08. The highest BCUT2D eigenvalue weighted by Gasteiger charge is 2.08. The highest BCUT2D eigenvalue weighted by molar-refractivity contribution is 14.1. The van der Waals surface area contributed by atoms with Gasteiger partial charge in [-0.15, -0.1) is 0 Å². The molecule has 0 heterocycles. The summed E-state index contributed by atoms with van der Waals surface area (Å²) in [6, 6.07) is -0.393. The van der Waals surface area contributed by atoms with E-state index in [1.54, 1.807) is 0 Å². The van der Waals surface area contributed by atoms with Crippen LogP contribution in [0.25, 0.3) is 0 Å². The molecule has 0 aromatic rings. The minimum absolute atomic E-state index is 0.0399. The van der Waals surface area contributed by atoms with Crippen molar-refractivity contribution in [2.24, 2.45) is 0 Å². The lowest BCUT2D eigenvalue weighted by molar-refractivity contribution is -0.119. The molecule has 0 spiro atoms. The molecule has 0 aliphatic heterocycles.